The van der Waals surface area contributed by atoms with Crippen LogP contribution in [0.1, 0.15) is 19.8 Å². The zero-order valence-corrected chi connectivity index (χ0v) is 24.9. The largest absolute Gasteiger partial charge is 0.394 e. The molecule has 12 N–H and O–H groups in total. The summed E-state index contributed by atoms with van der Waals surface area (Å²) in [5.41, 5.74) is 5.25. The second-order valence-corrected chi connectivity index (χ2v) is 11.4. The highest BCUT2D eigenvalue weighted by atomic mass is 19.2. The van der Waals surface area contributed by atoms with Crippen molar-refractivity contribution < 1.29 is 82.4 Å². The molecule has 3 fully saturated rings. The van der Waals surface area contributed by atoms with Gasteiger partial charge in [-0.05, 0) is 20.4 Å². The normalized spacial score (nSPS) is 41.3. The van der Waals surface area contributed by atoms with Crippen LogP contribution in [-0.4, -0.2) is 166 Å². The molecule has 46 heavy (non-hydrogen) atoms. The molecule has 17 unspecified atom stereocenters. The summed E-state index contributed by atoms with van der Waals surface area (Å²) < 4.78 is 75.2. The molecular formula is C24H45F4N5O13. The SMILES string of the molecule is CNC1CC(NF)C(O)C(OC2OC(CO)C(OOC(CNF)C(O)C(O)C(C)NF)C2O)C1OC1CC(O)C(O)C(CNF)O1. The molecule has 272 valence electrons. The van der Waals surface area contributed by atoms with Crippen LogP contribution in [0.2, 0.25) is 0 Å². The third kappa shape index (κ3) is 9.36. The molecule has 0 spiro atoms. The van der Waals surface area contributed by atoms with Crippen LogP contribution in [-0.2, 0) is 28.7 Å². The summed E-state index contributed by atoms with van der Waals surface area (Å²) in [4.78, 5) is 10.2. The topological polar surface area (TPSA) is 257 Å². The van der Waals surface area contributed by atoms with Gasteiger partial charge in [0.25, 0.3) is 0 Å². The molecule has 3 rings (SSSR count). The van der Waals surface area contributed by atoms with E-state index in [-0.39, 0.29) is 12.8 Å². The minimum atomic E-state index is -1.92. The van der Waals surface area contributed by atoms with Crippen molar-refractivity contribution in [3.05, 3.63) is 0 Å². The lowest BCUT2D eigenvalue weighted by Crippen LogP contribution is -2.65. The summed E-state index contributed by atoms with van der Waals surface area (Å²) in [5, 5.41) is 75.6. The first-order chi connectivity index (χ1) is 21.9. The molecule has 17 atom stereocenters. The van der Waals surface area contributed by atoms with Gasteiger partial charge in [-0.3, -0.25) is 0 Å². The molecule has 2 saturated heterocycles. The number of halogens is 4. The number of nitrogens with one attached hydrogen (secondary N) is 5. The Kier molecular flexibility index (Phi) is 16.0. The average Bonchev–Trinajstić information content (AvgIpc) is 3.35. The Morgan fingerprint density at radius 2 is 1.54 bits per heavy atom. The van der Waals surface area contributed by atoms with E-state index in [0.29, 0.717) is 0 Å². The highest BCUT2D eigenvalue weighted by Gasteiger charge is 2.53. The highest BCUT2D eigenvalue weighted by molar-refractivity contribution is 5.01. The molecule has 0 aromatic carbocycles. The molecule has 0 radical (unpaired) electrons. The second-order valence-electron chi connectivity index (χ2n) is 11.4. The minimum Gasteiger partial charge on any atom is -0.394 e. The molecule has 1 aliphatic carbocycles. The van der Waals surface area contributed by atoms with Crippen molar-refractivity contribution >= 4 is 0 Å². The molecular weight excluding hydrogens is 642 g/mol. The zero-order valence-electron chi connectivity index (χ0n) is 24.9. The lowest BCUT2D eigenvalue weighted by molar-refractivity contribution is -0.379. The predicted octanol–water partition coefficient (Wildman–Crippen LogP) is -4.91. The van der Waals surface area contributed by atoms with E-state index >= 15 is 0 Å². The van der Waals surface area contributed by atoms with Gasteiger partial charge in [0.05, 0.1) is 37.9 Å². The second kappa shape index (κ2) is 18.7. The van der Waals surface area contributed by atoms with Crippen LogP contribution in [0.25, 0.3) is 0 Å². The lowest BCUT2D eigenvalue weighted by Gasteiger charge is -2.46. The quantitative estimate of drug-likeness (QED) is 0.0279. The third-order valence-corrected chi connectivity index (χ3v) is 8.36. The molecule has 0 aromatic heterocycles. The van der Waals surface area contributed by atoms with Gasteiger partial charge in [0, 0.05) is 12.5 Å². The van der Waals surface area contributed by atoms with E-state index in [1.165, 1.54) is 36.1 Å². The fraction of sp³-hybridized carbons (Fsp3) is 1.00. The van der Waals surface area contributed by atoms with Crippen molar-refractivity contribution in [2.45, 2.75) is 124 Å². The molecule has 0 bridgehead atoms. The van der Waals surface area contributed by atoms with E-state index < -0.39 is 124 Å². The number of rotatable bonds is 18. The van der Waals surface area contributed by atoms with Crippen molar-refractivity contribution in [1.29, 1.82) is 0 Å². The molecule has 18 nitrogen and oxygen atoms in total. The van der Waals surface area contributed by atoms with Crippen LogP contribution >= 0.6 is 0 Å². The fourth-order valence-corrected chi connectivity index (χ4v) is 5.59. The van der Waals surface area contributed by atoms with Gasteiger partial charge in [0.15, 0.2) is 18.7 Å². The minimum absolute atomic E-state index is 0.0618. The number of aliphatic hydroxyl groups is 7. The van der Waals surface area contributed by atoms with Crippen LogP contribution in [0.4, 0.5) is 17.9 Å². The van der Waals surface area contributed by atoms with Gasteiger partial charge in [0.2, 0.25) is 0 Å². The number of hydrogen-bond donors (Lipinski definition) is 12. The Labute approximate surface area is 260 Å². The first-order valence-corrected chi connectivity index (χ1v) is 14.7. The van der Waals surface area contributed by atoms with Crippen LogP contribution in [0.3, 0.4) is 0 Å². The van der Waals surface area contributed by atoms with Crippen LogP contribution in [0.15, 0.2) is 0 Å². The van der Waals surface area contributed by atoms with E-state index in [0.717, 1.165) is 0 Å². The summed E-state index contributed by atoms with van der Waals surface area (Å²) in [7, 11) is 1.50. The van der Waals surface area contributed by atoms with Crippen molar-refractivity contribution in [2.75, 3.05) is 26.7 Å². The van der Waals surface area contributed by atoms with Crippen molar-refractivity contribution in [3.8, 4) is 0 Å². The van der Waals surface area contributed by atoms with Crippen molar-refractivity contribution in [3.63, 3.8) is 0 Å². The Balaban J connectivity index is 1.77. The Hall–Kier alpha value is -1.00. The number of ether oxygens (including phenoxy) is 4. The van der Waals surface area contributed by atoms with Gasteiger partial charge in [-0.2, -0.15) is 22.2 Å². The predicted molar refractivity (Wildman–Crippen MR) is 142 cm³/mol. The van der Waals surface area contributed by atoms with Gasteiger partial charge in [-0.1, -0.05) is 0 Å². The Morgan fingerprint density at radius 3 is 2.13 bits per heavy atom. The smallest absolute Gasteiger partial charge is 0.187 e. The summed E-state index contributed by atoms with van der Waals surface area (Å²) >= 11 is 0. The summed E-state index contributed by atoms with van der Waals surface area (Å²) in [5.74, 6) is 0. The van der Waals surface area contributed by atoms with E-state index in [2.05, 4.69) is 5.32 Å². The average molecular weight is 688 g/mol. The maximum absolute atomic E-state index is 13.7. The molecule has 0 amide bonds. The molecule has 0 aromatic rings. The fourth-order valence-electron chi connectivity index (χ4n) is 5.59. The van der Waals surface area contributed by atoms with Gasteiger partial charge >= 0.3 is 0 Å². The van der Waals surface area contributed by atoms with Crippen LogP contribution in [0.5, 0.6) is 0 Å². The highest BCUT2D eigenvalue weighted by Crippen LogP contribution is 2.34. The lowest BCUT2D eigenvalue weighted by atomic mass is 9.83. The van der Waals surface area contributed by atoms with Crippen LogP contribution < -0.4 is 27.5 Å². The zero-order chi connectivity index (χ0) is 34.1. The molecule has 2 aliphatic heterocycles. The number of aliphatic hydroxyl groups excluding tert-OH is 7. The van der Waals surface area contributed by atoms with E-state index in [4.69, 9.17) is 28.7 Å². The van der Waals surface area contributed by atoms with Crippen LogP contribution in [0, 0.1) is 0 Å². The summed E-state index contributed by atoms with van der Waals surface area (Å²) in [6.45, 7) is -0.881. The van der Waals surface area contributed by atoms with E-state index in [1.54, 1.807) is 0 Å². The standard InChI is InChI=1S/C24H45F4N5O13/c1-8(32-27)16(36)19(39)13(6-31-26)45-46-22-14(7-34)42-24(20(22)40)44-23-17(37)9(33-28)3-10(29-2)21(23)43-15-4-11(35)18(38)12(41-15)5-30-25/h8-24,29-40H,3-7H2,1-2H3. The number of likely N-dealkylation sites (N-methyl/N-ethyl adjacent to an activating group) is 1. The third-order valence-electron chi connectivity index (χ3n) is 8.36. The van der Waals surface area contributed by atoms with Gasteiger partial charge < -0.3 is 60.0 Å². The molecule has 3 aliphatic rings. The summed E-state index contributed by atoms with van der Waals surface area (Å²) in [6.07, 6.45) is -21.9. The Morgan fingerprint density at radius 1 is 0.826 bits per heavy atom. The monoisotopic (exact) mass is 687 g/mol. The maximum Gasteiger partial charge on any atom is 0.187 e. The van der Waals surface area contributed by atoms with Gasteiger partial charge in [0.1, 0.15) is 61.0 Å². The van der Waals surface area contributed by atoms with Crippen molar-refractivity contribution in [2.24, 2.45) is 0 Å². The molecule has 1 saturated carbocycles. The van der Waals surface area contributed by atoms with E-state index in [9.17, 15) is 53.7 Å². The van der Waals surface area contributed by atoms with Gasteiger partial charge in [-0.15, -0.1) is 17.9 Å². The molecule has 2 heterocycles. The van der Waals surface area contributed by atoms with Gasteiger partial charge in [-0.25, -0.2) is 9.78 Å². The van der Waals surface area contributed by atoms with Crippen molar-refractivity contribution in [1.82, 2.24) is 27.5 Å². The summed E-state index contributed by atoms with van der Waals surface area (Å²) in [6, 6.07) is -3.29. The number of hydrogen-bond acceptors (Lipinski definition) is 18. The maximum atomic E-state index is 13.7. The van der Waals surface area contributed by atoms with E-state index in [1.807, 2.05) is 0 Å². The molecule has 22 heteroatoms. The Bertz CT molecular complexity index is 889. The first kappa shape index (κ1) is 39.4. The first-order valence-electron chi connectivity index (χ1n) is 14.7.